The van der Waals surface area contributed by atoms with Gasteiger partial charge < -0.3 is 0 Å². The summed E-state index contributed by atoms with van der Waals surface area (Å²) in [6.07, 6.45) is 1.94. The van der Waals surface area contributed by atoms with Gasteiger partial charge in [0.15, 0.2) is 0 Å². The van der Waals surface area contributed by atoms with Crippen LogP contribution in [0.25, 0.3) is 0 Å². The topological polar surface area (TPSA) is 40.6 Å². The summed E-state index contributed by atoms with van der Waals surface area (Å²) in [6.45, 7) is 3.80. The second-order valence-electron chi connectivity index (χ2n) is 8.34. The van der Waals surface area contributed by atoms with E-state index in [1.54, 1.807) is 36.4 Å². The zero-order valence-electron chi connectivity index (χ0n) is 18.6. The molecule has 0 unspecified atom stereocenters. The molecule has 0 amide bonds. The van der Waals surface area contributed by atoms with Gasteiger partial charge in [0.2, 0.25) is 10.0 Å². The molecule has 0 spiro atoms. The molecule has 0 aliphatic carbocycles. The summed E-state index contributed by atoms with van der Waals surface area (Å²) >= 11 is 0. The molecule has 3 aromatic rings. The SMILES string of the molecule is CCCc1ccc(S(=O)(=O)N2CCN(C(c3ccc(F)cc3)c3ccc(F)cc3)CC2)cc1. The molecule has 4 nitrogen and oxygen atoms in total. The lowest BCUT2D eigenvalue weighted by Gasteiger charge is -2.39. The lowest BCUT2D eigenvalue weighted by atomic mass is 9.96. The van der Waals surface area contributed by atoms with Gasteiger partial charge in [-0.3, -0.25) is 4.90 Å². The molecule has 1 fully saturated rings. The molecule has 7 heteroatoms. The van der Waals surface area contributed by atoms with Crippen LogP contribution < -0.4 is 0 Å². The first kappa shape index (κ1) is 23.5. The van der Waals surface area contributed by atoms with Crippen LogP contribution >= 0.6 is 0 Å². The van der Waals surface area contributed by atoms with E-state index >= 15 is 0 Å². The average molecular weight is 471 g/mol. The number of piperazine rings is 1. The highest BCUT2D eigenvalue weighted by Gasteiger charge is 2.32. The highest BCUT2D eigenvalue weighted by molar-refractivity contribution is 7.89. The predicted octanol–water partition coefficient (Wildman–Crippen LogP) is 5.01. The Hall–Kier alpha value is -2.61. The number of benzene rings is 3. The smallest absolute Gasteiger partial charge is 0.243 e. The second-order valence-corrected chi connectivity index (χ2v) is 10.3. The Kier molecular flexibility index (Phi) is 7.22. The minimum absolute atomic E-state index is 0.218. The second kappa shape index (κ2) is 10.1. The van der Waals surface area contributed by atoms with Crippen molar-refractivity contribution in [3.63, 3.8) is 0 Å². The molecule has 0 bridgehead atoms. The summed E-state index contributed by atoms with van der Waals surface area (Å²) in [4.78, 5) is 2.47. The molecule has 174 valence electrons. The van der Waals surface area contributed by atoms with Gasteiger partial charge in [-0.25, -0.2) is 17.2 Å². The van der Waals surface area contributed by atoms with E-state index in [0.29, 0.717) is 31.1 Å². The van der Waals surface area contributed by atoms with Crippen LogP contribution in [0.1, 0.15) is 36.1 Å². The Balaban J connectivity index is 1.53. The van der Waals surface area contributed by atoms with Crippen LogP contribution in [0.3, 0.4) is 0 Å². The van der Waals surface area contributed by atoms with Crippen molar-refractivity contribution in [3.8, 4) is 0 Å². The Morgan fingerprint density at radius 1 is 0.758 bits per heavy atom. The Labute approximate surface area is 194 Å². The summed E-state index contributed by atoms with van der Waals surface area (Å²) in [5.74, 6) is -0.644. The predicted molar refractivity (Wildman–Crippen MR) is 125 cm³/mol. The van der Waals surface area contributed by atoms with Gasteiger partial charge in [-0.1, -0.05) is 49.7 Å². The number of hydrogen-bond donors (Lipinski definition) is 0. The van der Waals surface area contributed by atoms with Gasteiger partial charge in [0, 0.05) is 26.2 Å². The van der Waals surface area contributed by atoms with Crippen LogP contribution in [0.4, 0.5) is 8.78 Å². The van der Waals surface area contributed by atoms with E-state index in [4.69, 9.17) is 0 Å². The van der Waals surface area contributed by atoms with E-state index in [2.05, 4.69) is 11.8 Å². The summed E-state index contributed by atoms with van der Waals surface area (Å²) in [5, 5.41) is 0. The van der Waals surface area contributed by atoms with Crippen molar-refractivity contribution in [2.75, 3.05) is 26.2 Å². The summed E-state index contributed by atoms with van der Waals surface area (Å²) < 4.78 is 54.9. The highest BCUT2D eigenvalue weighted by atomic mass is 32.2. The van der Waals surface area contributed by atoms with Crippen molar-refractivity contribution in [1.82, 2.24) is 9.21 Å². The van der Waals surface area contributed by atoms with E-state index in [-0.39, 0.29) is 17.7 Å². The molecule has 1 aliphatic heterocycles. The molecule has 3 aromatic carbocycles. The van der Waals surface area contributed by atoms with Crippen LogP contribution in [-0.2, 0) is 16.4 Å². The standard InChI is InChI=1S/C26H28F2N2O2S/c1-2-3-20-4-14-25(15-5-20)33(31,32)30-18-16-29(17-19-30)26(21-6-10-23(27)11-7-21)22-8-12-24(28)13-9-22/h4-15,26H,2-3,16-19H2,1H3. The van der Waals surface area contributed by atoms with Crippen molar-refractivity contribution in [1.29, 1.82) is 0 Å². The molecular weight excluding hydrogens is 442 g/mol. The number of nitrogens with zero attached hydrogens (tertiary/aromatic N) is 2. The normalized spacial score (nSPS) is 15.8. The third-order valence-electron chi connectivity index (χ3n) is 6.11. The van der Waals surface area contributed by atoms with Crippen molar-refractivity contribution < 1.29 is 17.2 Å². The van der Waals surface area contributed by atoms with Gasteiger partial charge in [0.05, 0.1) is 10.9 Å². The fraction of sp³-hybridized carbons (Fsp3) is 0.308. The first-order valence-corrected chi connectivity index (χ1v) is 12.7. The molecule has 0 atom stereocenters. The van der Waals surface area contributed by atoms with E-state index < -0.39 is 10.0 Å². The molecule has 1 heterocycles. The van der Waals surface area contributed by atoms with Crippen LogP contribution in [0.2, 0.25) is 0 Å². The largest absolute Gasteiger partial charge is 0.290 e. The maximum atomic E-state index is 13.5. The molecule has 0 N–H and O–H groups in total. The fourth-order valence-corrected chi connectivity index (χ4v) is 5.79. The van der Waals surface area contributed by atoms with E-state index in [9.17, 15) is 17.2 Å². The van der Waals surface area contributed by atoms with Crippen LogP contribution in [0, 0.1) is 11.6 Å². The molecule has 0 radical (unpaired) electrons. The summed E-state index contributed by atoms with van der Waals surface area (Å²) in [5.41, 5.74) is 2.89. The van der Waals surface area contributed by atoms with E-state index in [0.717, 1.165) is 29.5 Å². The number of aryl methyl sites for hydroxylation is 1. The zero-order chi connectivity index (χ0) is 23.4. The molecule has 1 aliphatic rings. The molecule has 0 aromatic heterocycles. The molecule has 1 saturated heterocycles. The van der Waals surface area contributed by atoms with Gasteiger partial charge >= 0.3 is 0 Å². The van der Waals surface area contributed by atoms with Gasteiger partial charge in [-0.15, -0.1) is 0 Å². The van der Waals surface area contributed by atoms with Gasteiger partial charge in [0.1, 0.15) is 11.6 Å². The lowest BCUT2D eigenvalue weighted by molar-refractivity contribution is 0.155. The minimum Gasteiger partial charge on any atom is -0.290 e. The van der Waals surface area contributed by atoms with Crippen molar-refractivity contribution in [2.45, 2.75) is 30.7 Å². The third kappa shape index (κ3) is 5.32. The molecule has 4 rings (SSSR count). The quantitative estimate of drug-likeness (QED) is 0.487. The maximum absolute atomic E-state index is 13.5. The summed E-state index contributed by atoms with van der Waals surface area (Å²) in [6, 6.07) is 19.5. The number of sulfonamides is 1. The van der Waals surface area contributed by atoms with Gasteiger partial charge in [0.25, 0.3) is 0 Å². The zero-order valence-corrected chi connectivity index (χ0v) is 19.4. The molecule has 33 heavy (non-hydrogen) atoms. The first-order valence-electron chi connectivity index (χ1n) is 11.2. The van der Waals surface area contributed by atoms with Crippen molar-refractivity contribution in [3.05, 3.63) is 101 Å². The van der Waals surface area contributed by atoms with Crippen molar-refractivity contribution >= 4 is 10.0 Å². The average Bonchev–Trinajstić information content (AvgIpc) is 2.83. The maximum Gasteiger partial charge on any atom is 0.243 e. The van der Waals surface area contributed by atoms with Crippen LogP contribution in [0.5, 0.6) is 0 Å². The minimum atomic E-state index is -3.58. The number of rotatable bonds is 7. The monoisotopic (exact) mass is 470 g/mol. The fourth-order valence-electron chi connectivity index (χ4n) is 4.37. The van der Waals surface area contributed by atoms with Crippen LogP contribution in [-0.4, -0.2) is 43.8 Å². The Morgan fingerprint density at radius 3 is 1.70 bits per heavy atom. The highest BCUT2D eigenvalue weighted by Crippen LogP contribution is 2.31. The first-order chi connectivity index (χ1) is 15.9. The van der Waals surface area contributed by atoms with Crippen LogP contribution in [0.15, 0.2) is 77.7 Å². The third-order valence-corrected chi connectivity index (χ3v) is 8.02. The number of halogens is 2. The molecular formula is C26H28F2N2O2S. The van der Waals surface area contributed by atoms with E-state index in [1.165, 1.54) is 28.6 Å². The Bertz CT molecular complexity index is 1110. The lowest BCUT2D eigenvalue weighted by Crippen LogP contribution is -2.49. The Morgan fingerprint density at radius 2 is 1.24 bits per heavy atom. The van der Waals surface area contributed by atoms with Gasteiger partial charge in [-0.2, -0.15) is 4.31 Å². The number of hydrogen-bond acceptors (Lipinski definition) is 3. The molecule has 0 saturated carbocycles. The van der Waals surface area contributed by atoms with E-state index in [1.807, 2.05) is 12.1 Å². The van der Waals surface area contributed by atoms with Crippen molar-refractivity contribution in [2.24, 2.45) is 0 Å². The van der Waals surface area contributed by atoms with Gasteiger partial charge in [-0.05, 0) is 59.5 Å². The summed E-state index contributed by atoms with van der Waals surface area (Å²) in [7, 11) is -3.58.